The van der Waals surface area contributed by atoms with Crippen LogP contribution >= 0.6 is 0 Å². The van der Waals surface area contributed by atoms with Crippen LogP contribution in [0.15, 0.2) is 42.5 Å². The molecular weight excluding hydrogens is 292 g/mol. The Morgan fingerprint density at radius 2 is 1.74 bits per heavy atom. The number of nitrogens with one attached hydrogen (secondary N) is 1. The number of fused-ring (bicyclic) bond motifs is 1. The van der Waals surface area contributed by atoms with Crippen LogP contribution in [0.3, 0.4) is 0 Å². The van der Waals surface area contributed by atoms with Crippen molar-refractivity contribution in [2.75, 3.05) is 31.2 Å². The van der Waals surface area contributed by atoms with E-state index in [2.05, 4.69) is 0 Å². The highest BCUT2D eigenvalue weighted by molar-refractivity contribution is 6.24. The van der Waals surface area contributed by atoms with Gasteiger partial charge in [0.2, 0.25) is 5.91 Å². The number of hydrogen-bond donors (Lipinski definition) is 1. The number of nitrogens with zero attached hydrogens (tertiary/aromatic N) is 1. The third-order valence-corrected chi connectivity index (χ3v) is 4.78. The summed E-state index contributed by atoms with van der Waals surface area (Å²) in [5.41, 5.74) is 0.702. The van der Waals surface area contributed by atoms with E-state index in [-0.39, 0.29) is 24.3 Å². The minimum Gasteiger partial charge on any atom is -0.370 e. The standard InChI is InChI=1S/C18H18N2O3/c21-17-12-16(19-8-10-23-11-9-19)18(22)20(17)15-7-3-5-13-4-1-2-6-14(13)15/h1-7,16H,8-12H2/p+1/t16-/m0/s1. The lowest BCUT2D eigenvalue weighted by molar-refractivity contribution is -0.922. The van der Waals surface area contributed by atoms with Crippen molar-refractivity contribution in [3.05, 3.63) is 42.5 Å². The van der Waals surface area contributed by atoms with Crippen LogP contribution in [0.4, 0.5) is 5.69 Å². The van der Waals surface area contributed by atoms with Gasteiger partial charge in [0.25, 0.3) is 5.91 Å². The monoisotopic (exact) mass is 311 g/mol. The van der Waals surface area contributed by atoms with Gasteiger partial charge in [-0.25, -0.2) is 4.90 Å². The Kier molecular flexibility index (Phi) is 3.59. The molecule has 2 aliphatic rings. The quantitative estimate of drug-likeness (QED) is 0.816. The number of hydrogen-bond acceptors (Lipinski definition) is 3. The molecule has 0 bridgehead atoms. The second-order valence-electron chi connectivity index (χ2n) is 6.09. The maximum absolute atomic E-state index is 12.9. The number of morpholine rings is 1. The molecule has 0 aliphatic carbocycles. The number of imide groups is 1. The molecule has 0 radical (unpaired) electrons. The Bertz CT molecular complexity index is 762. The number of carbonyl (C=O) groups is 2. The number of anilines is 1. The first-order chi connectivity index (χ1) is 11.3. The molecule has 0 aromatic heterocycles. The molecule has 2 aromatic rings. The van der Waals surface area contributed by atoms with Gasteiger partial charge in [0.15, 0.2) is 6.04 Å². The smallest absolute Gasteiger partial charge is 0.292 e. The molecule has 2 heterocycles. The third kappa shape index (κ3) is 2.42. The van der Waals surface area contributed by atoms with Crippen LogP contribution in [0.2, 0.25) is 0 Å². The predicted molar refractivity (Wildman–Crippen MR) is 86.4 cm³/mol. The maximum Gasteiger partial charge on any atom is 0.292 e. The zero-order valence-corrected chi connectivity index (χ0v) is 12.8. The Morgan fingerprint density at radius 3 is 2.57 bits per heavy atom. The predicted octanol–water partition coefficient (Wildman–Crippen LogP) is 0.387. The van der Waals surface area contributed by atoms with Gasteiger partial charge in [-0.05, 0) is 11.5 Å². The van der Waals surface area contributed by atoms with Gasteiger partial charge in [-0.15, -0.1) is 0 Å². The van der Waals surface area contributed by atoms with Crippen molar-refractivity contribution < 1.29 is 19.2 Å². The van der Waals surface area contributed by atoms with E-state index >= 15 is 0 Å². The van der Waals surface area contributed by atoms with Gasteiger partial charge in [-0.3, -0.25) is 9.59 Å². The van der Waals surface area contributed by atoms with Crippen LogP contribution in [-0.2, 0) is 14.3 Å². The Balaban J connectivity index is 1.71. The highest BCUT2D eigenvalue weighted by Crippen LogP contribution is 2.30. The lowest BCUT2D eigenvalue weighted by Crippen LogP contribution is -3.18. The van der Waals surface area contributed by atoms with E-state index in [1.807, 2.05) is 42.5 Å². The molecule has 2 amide bonds. The molecule has 1 atom stereocenters. The molecule has 1 N–H and O–H groups in total. The molecule has 0 unspecified atom stereocenters. The van der Waals surface area contributed by atoms with E-state index in [4.69, 9.17) is 4.74 Å². The summed E-state index contributed by atoms with van der Waals surface area (Å²) in [6, 6.07) is 13.3. The van der Waals surface area contributed by atoms with Gasteiger partial charge < -0.3 is 9.64 Å². The Morgan fingerprint density at radius 1 is 1.00 bits per heavy atom. The van der Waals surface area contributed by atoms with Crippen molar-refractivity contribution in [2.24, 2.45) is 0 Å². The lowest BCUT2D eigenvalue weighted by atomic mass is 10.1. The summed E-state index contributed by atoms with van der Waals surface area (Å²) in [5.74, 6) is -0.182. The summed E-state index contributed by atoms with van der Waals surface area (Å²) in [6.07, 6.45) is 0.289. The molecule has 2 fully saturated rings. The highest BCUT2D eigenvalue weighted by Gasteiger charge is 2.46. The van der Waals surface area contributed by atoms with E-state index < -0.39 is 0 Å². The number of carbonyl (C=O) groups excluding carboxylic acids is 2. The third-order valence-electron chi connectivity index (χ3n) is 4.78. The number of rotatable bonds is 2. The number of quaternary nitrogens is 1. The van der Waals surface area contributed by atoms with E-state index in [0.717, 1.165) is 28.8 Å². The van der Waals surface area contributed by atoms with Crippen LogP contribution in [0, 0.1) is 0 Å². The molecule has 118 valence electrons. The van der Waals surface area contributed by atoms with Crippen LogP contribution in [0.5, 0.6) is 0 Å². The average Bonchev–Trinajstić information content (AvgIpc) is 2.90. The number of benzene rings is 2. The van der Waals surface area contributed by atoms with Crippen LogP contribution in [0.1, 0.15) is 6.42 Å². The van der Waals surface area contributed by atoms with Gasteiger partial charge >= 0.3 is 0 Å². The maximum atomic E-state index is 12.9. The zero-order chi connectivity index (χ0) is 15.8. The van der Waals surface area contributed by atoms with Gasteiger partial charge in [-0.2, -0.15) is 0 Å². The summed E-state index contributed by atoms with van der Waals surface area (Å²) in [4.78, 5) is 28.0. The normalized spacial score (nSPS) is 23.0. The molecule has 0 spiro atoms. The van der Waals surface area contributed by atoms with Gasteiger partial charge in [0.05, 0.1) is 25.3 Å². The topological polar surface area (TPSA) is 51.1 Å². The van der Waals surface area contributed by atoms with Crippen LogP contribution in [0.25, 0.3) is 10.8 Å². The van der Waals surface area contributed by atoms with E-state index in [0.29, 0.717) is 18.9 Å². The molecule has 2 aliphatic heterocycles. The minimum atomic E-state index is -0.273. The van der Waals surface area contributed by atoms with E-state index in [9.17, 15) is 9.59 Å². The molecular formula is C18H19N2O3+. The molecule has 2 saturated heterocycles. The first kappa shape index (κ1) is 14.4. The van der Waals surface area contributed by atoms with Gasteiger partial charge in [-0.1, -0.05) is 36.4 Å². The molecule has 5 heteroatoms. The fourth-order valence-electron chi connectivity index (χ4n) is 3.59. The summed E-state index contributed by atoms with van der Waals surface area (Å²) >= 11 is 0. The Labute approximate surface area is 134 Å². The van der Waals surface area contributed by atoms with Gasteiger partial charge in [0.1, 0.15) is 13.1 Å². The lowest BCUT2D eigenvalue weighted by Gasteiger charge is -2.27. The van der Waals surface area contributed by atoms with E-state index in [1.165, 1.54) is 4.90 Å². The van der Waals surface area contributed by atoms with Crippen molar-refractivity contribution in [3.63, 3.8) is 0 Å². The van der Waals surface area contributed by atoms with Crippen LogP contribution < -0.4 is 9.80 Å². The summed E-state index contributed by atoms with van der Waals surface area (Å²) in [6.45, 7) is 2.88. The molecule has 4 rings (SSSR count). The molecule has 0 saturated carbocycles. The first-order valence-corrected chi connectivity index (χ1v) is 8.02. The SMILES string of the molecule is O=C1C[C@H]([NH+]2CCOCC2)C(=O)N1c1cccc2ccccc12. The van der Waals surface area contributed by atoms with Crippen molar-refractivity contribution >= 4 is 28.3 Å². The van der Waals surface area contributed by atoms with Gasteiger partial charge in [0, 0.05) is 5.39 Å². The van der Waals surface area contributed by atoms with Crippen molar-refractivity contribution in [2.45, 2.75) is 12.5 Å². The fraction of sp³-hybridized carbons (Fsp3) is 0.333. The van der Waals surface area contributed by atoms with Crippen molar-refractivity contribution in [3.8, 4) is 0 Å². The molecule has 2 aromatic carbocycles. The number of amides is 2. The second-order valence-corrected chi connectivity index (χ2v) is 6.09. The van der Waals surface area contributed by atoms with Crippen molar-refractivity contribution in [1.82, 2.24) is 0 Å². The minimum absolute atomic E-state index is 0.0803. The first-order valence-electron chi connectivity index (χ1n) is 8.02. The van der Waals surface area contributed by atoms with E-state index in [1.54, 1.807) is 0 Å². The Hall–Kier alpha value is -2.24. The van der Waals surface area contributed by atoms with Crippen molar-refractivity contribution in [1.29, 1.82) is 0 Å². The fourth-order valence-corrected chi connectivity index (χ4v) is 3.59. The summed E-state index contributed by atoms with van der Waals surface area (Å²) < 4.78 is 5.36. The molecule has 23 heavy (non-hydrogen) atoms. The molecule has 5 nitrogen and oxygen atoms in total. The largest absolute Gasteiger partial charge is 0.370 e. The van der Waals surface area contributed by atoms with Crippen LogP contribution in [-0.4, -0.2) is 44.2 Å². The summed E-state index contributed by atoms with van der Waals surface area (Å²) in [7, 11) is 0. The zero-order valence-electron chi connectivity index (χ0n) is 12.8. The average molecular weight is 311 g/mol. The highest BCUT2D eigenvalue weighted by atomic mass is 16.5. The summed E-state index contributed by atoms with van der Waals surface area (Å²) in [5, 5.41) is 1.97. The number of ether oxygens (including phenoxy) is 1. The second kappa shape index (κ2) is 5.76.